The van der Waals surface area contributed by atoms with E-state index in [-0.39, 0.29) is 11.8 Å². The van der Waals surface area contributed by atoms with Gasteiger partial charge in [-0.3, -0.25) is 9.59 Å². The van der Waals surface area contributed by atoms with E-state index in [1.807, 2.05) is 43.2 Å². The van der Waals surface area contributed by atoms with Crippen molar-refractivity contribution in [3.8, 4) is 0 Å². The number of nitrogens with zero attached hydrogens (tertiary/aromatic N) is 2. The zero-order chi connectivity index (χ0) is 25.3. The van der Waals surface area contributed by atoms with E-state index in [2.05, 4.69) is 20.4 Å². The average Bonchev–Trinajstić information content (AvgIpc) is 3.60. The van der Waals surface area contributed by atoms with Crippen molar-refractivity contribution in [2.45, 2.75) is 87.5 Å². The minimum atomic E-state index is 0.225. The molecule has 3 aliphatic rings. The van der Waals surface area contributed by atoms with Gasteiger partial charge >= 0.3 is 0 Å². The van der Waals surface area contributed by atoms with Crippen molar-refractivity contribution in [3.63, 3.8) is 0 Å². The molecule has 3 rings (SSSR count). The SMILES string of the molecule is O=C(CCCCC1CCSS1)NCCCN1CCN(CCCNC(=O)CCCCC2CCSS2)CC1. The minimum Gasteiger partial charge on any atom is -0.356 e. The maximum absolute atomic E-state index is 12.0. The first-order valence-corrected chi connectivity index (χ1v) is 19.0. The number of piperazine rings is 1. The van der Waals surface area contributed by atoms with Crippen LogP contribution in [0.2, 0.25) is 0 Å². The summed E-state index contributed by atoms with van der Waals surface area (Å²) in [5.74, 6) is 3.04. The van der Waals surface area contributed by atoms with Crippen molar-refractivity contribution >= 4 is 55.0 Å². The molecule has 2 N–H and O–H groups in total. The molecule has 6 nitrogen and oxygen atoms in total. The number of rotatable bonds is 18. The Balaban J connectivity index is 1.07. The standard InChI is InChI=1S/C26H48N4O2S4/c31-25(9-3-1-7-23-11-21-33-35-23)27-13-5-15-29-17-19-30(20-18-29)16-6-14-28-26(32)10-4-2-8-24-12-22-34-36-24/h23-24H,1-22H2,(H,27,31)(H,28,32). The lowest BCUT2D eigenvalue weighted by Gasteiger charge is -2.34. The number of hydrogen-bond acceptors (Lipinski definition) is 8. The smallest absolute Gasteiger partial charge is 0.219 e. The molecular formula is C26H48N4O2S4. The predicted molar refractivity (Wildman–Crippen MR) is 162 cm³/mol. The Morgan fingerprint density at radius 1 is 0.639 bits per heavy atom. The van der Waals surface area contributed by atoms with Gasteiger partial charge in [-0.1, -0.05) is 56.0 Å². The Morgan fingerprint density at radius 2 is 1.08 bits per heavy atom. The van der Waals surface area contributed by atoms with E-state index in [9.17, 15) is 9.59 Å². The van der Waals surface area contributed by atoms with Crippen molar-refractivity contribution in [2.75, 3.05) is 63.9 Å². The molecule has 3 fully saturated rings. The summed E-state index contributed by atoms with van der Waals surface area (Å²) >= 11 is 0. The van der Waals surface area contributed by atoms with Gasteiger partial charge in [0.1, 0.15) is 0 Å². The van der Waals surface area contributed by atoms with E-state index in [4.69, 9.17) is 0 Å². The molecule has 2 unspecified atom stereocenters. The second kappa shape index (κ2) is 19.3. The highest BCUT2D eigenvalue weighted by atomic mass is 33.1. The van der Waals surface area contributed by atoms with Gasteiger partial charge in [0.25, 0.3) is 0 Å². The van der Waals surface area contributed by atoms with Gasteiger partial charge in [-0.2, -0.15) is 0 Å². The molecule has 10 heteroatoms. The van der Waals surface area contributed by atoms with Crippen LogP contribution in [-0.4, -0.2) is 96.0 Å². The summed E-state index contributed by atoms with van der Waals surface area (Å²) in [5, 5.41) is 7.87. The summed E-state index contributed by atoms with van der Waals surface area (Å²) < 4.78 is 0. The molecule has 0 aromatic rings. The third-order valence-corrected chi connectivity index (χ3v) is 13.2. The molecule has 0 saturated carbocycles. The maximum atomic E-state index is 12.0. The summed E-state index contributed by atoms with van der Waals surface area (Å²) in [5.41, 5.74) is 0. The van der Waals surface area contributed by atoms with Crippen molar-refractivity contribution in [1.82, 2.24) is 20.4 Å². The van der Waals surface area contributed by atoms with Crippen LogP contribution in [0.4, 0.5) is 0 Å². The lowest BCUT2D eigenvalue weighted by atomic mass is 10.1. The molecule has 0 spiro atoms. The van der Waals surface area contributed by atoms with E-state index < -0.39 is 0 Å². The Bertz CT molecular complexity index is 559. The lowest BCUT2D eigenvalue weighted by molar-refractivity contribution is -0.122. The Kier molecular flexibility index (Phi) is 16.5. The molecule has 2 amide bonds. The Morgan fingerprint density at radius 3 is 1.47 bits per heavy atom. The highest BCUT2D eigenvalue weighted by Gasteiger charge is 2.18. The molecule has 0 aromatic heterocycles. The van der Waals surface area contributed by atoms with Crippen LogP contribution in [-0.2, 0) is 9.59 Å². The van der Waals surface area contributed by atoms with Crippen LogP contribution in [0, 0.1) is 0 Å². The van der Waals surface area contributed by atoms with Gasteiger partial charge in [0.05, 0.1) is 0 Å². The van der Waals surface area contributed by atoms with Gasteiger partial charge in [0.2, 0.25) is 11.8 Å². The van der Waals surface area contributed by atoms with E-state index in [0.717, 1.165) is 88.5 Å². The number of carbonyl (C=O) groups is 2. The Hall–Kier alpha value is 0.260. The summed E-state index contributed by atoms with van der Waals surface area (Å²) in [7, 11) is 8.07. The first-order valence-electron chi connectivity index (χ1n) is 14.2. The van der Waals surface area contributed by atoms with E-state index >= 15 is 0 Å². The molecule has 0 bridgehead atoms. The largest absolute Gasteiger partial charge is 0.356 e. The van der Waals surface area contributed by atoms with Crippen molar-refractivity contribution < 1.29 is 9.59 Å². The van der Waals surface area contributed by atoms with Gasteiger partial charge in [0, 0.05) is 74.1 Å². The highest BCUT2D eigenvalue weighted by molar-refractivity contribution is 8.77. The molecule has 208 valence electrons. The number of hydrogen-bond donors (Lipinski definition) is 2. The van der Waals surface area contributed by atoms with Gasteiger partial charge in [-0.25, -0.2) is 0 Å². The zero-order valence-electron chi connectivity index (χ0n) is 22.1. The van der Waals surface area contributed by atoms with Crippen LogP contribution >= 0.6 is 43.2 Å². The van der Waals surface area contributed by atoms with Gasteiger partial charge in [0.15, 0.2) is 0 Å². The third-order valence-electron chi connectivity index (χ3n) is 7.23. The molecule has 3 saturated heterocycles. The molecule has 3 aliphatic heterocycles. The van der Waals surface area contributed by atoms with E-state index in [0.29, 0.717) is 12.8 Å². The Labute approximate surface area is 235 Å². The first-order chi connectivity index (χ1) is 17.7. The number of amides is 2. The normalized spacial score (nSPS) is 23.2. The van der Waals surface area contributed by atoms with Crippen molar-refractivity contribution in [1.29, 1.82) is 0 Å². The number of unbranched alkanes of at least 4 members (excludes halogenated alkanes) is 2. The second-order valence-corrected chi connectivity index (χ2v) is 15.8. The van der Waals surface area contributed by atoms with E-state index in [1.165, 1.54) is 50.0 Å². The van der Waals surface area contributed by atoms with Crippen molar-refractivity contribution in [3.05, 3.63) is 0 Å². The van der Waals surface area contributed by atoms with Crippen molar-refractivity contribution in [2.24, 2.45) is 0 Å². The molecule has 0 radical (unpaired) electrons. The quantitative estimate of drug-likeness (QED) is 0.174. The predicted octanol–water partition coefficient (Wildman–Crippen LogP) is 5.04. The van der Waals surface area contributed by atoms with Gasteiger partial charge < -0.3 is 20.4 Å². The number of carbonyl (C=O) groups excluding carboxylic acids is 2. The van der Waals surface area contributed by atoms with Gasteiger partial charge in [-0.05, 0) is 64.5 Å². The fourth-order valence-electron chi connectivity index (χ4n) is 4.92. The maximum Gasteiger partial charge on any atom is 0.219 e. The lowest BCUT2D eigenvalue weighted by Crippen LogP contribution is -2.47. The van der Waals surface area contributed by atoms with E-state index in [1.54, 1.807) is 0 Å². The summed E-state index contributed by atoms with van der Waals surface area (Å²) in [6.45, 7) is 8.16. The topological polar surface area (TPSA) is 64.7 Å². The highest BCUT2D eigenvalue weighted by Crippen LogP contribution is 2.40. The molecule has 2 atom stereocenters. The second-order valence-electron chi connectivity index (χ2n) is 10.2. The van der Waals surface area contributed by atoms with Crippen LogP contribution in [0.1, 0.15) is 77.0 Å². The fraction of sp³-hybridized carbons (Fsp3) is 0.923. The third kappa shape index (κ3) is 13.9. The molecule has 0 aromatic carbocycles. The van der Waals surface area contributed by atoms with Crippen LogP contribution in [0.25, 0.3) is 0 Å². The van der Waals surface area contributed by atoms with Crippen LogP contribution < -0.4 is 10.6 Å². The van der Waals surface area contributed by atoms with Crippen LogP contribution in [0.15, 0.2) is 0 Å². The molecule has 36 heavy (non-hydrogen) atoms. The van der Waals surface area contributed by atoms with Gasteiger partial charge in [-0.15, -0.1) is 0 Å². The first kappa shape index (κ1) is 30.8. The summed E-state index contributed by atoms with van der Waals surface area (Å²) in [6.07, 6.45) is 13.1. The number of nitrogens with one attached hydrogen (secondary N) is 2. The van der Waals surface area contributed by atoms with Crippen LogP contribution in [0.5, 0.6) is 0 Å². The monoisotopic (exact) mass is 576 g/mol. The molecule has 3 heterocycles. The molecular weight excluding hydrogens is 529 g/mol. The fourth-order valence-corrected chi connectivity index (χ4v) is 11.0. The van der Waals surface area contributed by atoms with Crippen LogP contribution in [0.3, 0.4) is 0 Å². The average molecular weight is 577 g/mol. The molecule has 0 aliphatic carbocycles. The summed E-state index contributed by atoms with van der Waals surface area (Å²) in [6, 6.07) is 0. The summed E-state index contributed by atoms with van der Waals surface area (Å²) in [4.78, 5) is 29.1. The zero-order valence-corrected chi connectivity index (χ0v) is 25.3. The minimum absolute atomic E-state index is 0.225.